The van der Waals surface area contributed by atoms with Crippen molar-refractivity contribution < 1.29 is 26.4 Å². The maximum atomic E-state index is 13.3. The maximum absolute atomic E-state index is 13.3. The lowest BCUT2D eigenvalue weighted by Gasteiger charge is -2.21. The van der Waals surface area contributed by atoms with E-state index in [9.17, 15) is 26.4 Å². The van der Waals surface area contributed by atoms with Crippen LogP contribution in [0.3, 0.4) is 0 Å². The minimum absolute atomic E-state index is 0.0192. The smallest absolute Gasteiger partial charge is 0.255 e. The summed E-state index contributed by atoms with van der Waals surface area (Å²) in [5.41, 5.74) is 0.167. The van der Waals surface area contributed by atoms with Gasteiger partial charge in [0.15, 0.2) is 11.6 Å². The van der Waals surface area contributed by atoms with Crippen LogP contribution >= 0.6 is 0 Å². The lowest BCUT2D eigenvalue weighted by atomic mass is 10.2. The lowest BCUT2D eigenvalue weighted by molar-refractivity contribution is 0.102. The van der Waals surface area contributed by atoms with Crippen LogP contribution in [0.4, 0.5) is 30.4 Å². The fraction of sp³-hybridized carbons (Fsp3) is 0.0526. The van der Waals surface area contributed by atoms with E-state index in [2.05, 4.69) is 10.3 Å². The highest BCUT2D eigenvalue weighted by Crippen LogP contribution is 2.27. The summed E-state index contributed by atoms with van der Waals surface area (Å²) in [5, 5.41) is 2.39. The maximum Gasteiger partial charge on any atom is 0.255 e. The van der Waals surface area contributed by atoms with E-state index in [-0.39, 0.29) is 22.8 Å². The molecule has 1 N–H and O–H groups in total. The number of nitrogens with one attached hydrogen (secondary N) is 1. The Morgan fingerprint density at radius 2 is 1.66 bits per heavy atom. The summed E-state index contributed by atoms with van der Waals surface area (Å²) in [6, 6.07) is 10.1. The first-order valence-corrected chi connectivity index (χ1v) is 9.98. The molecule has 0 radical (unpaired) electrons. The van der Waals surface area contributed by atoms with Gasteiger partial charge in [-0.2, -0.15) is 0 Å². The minimum Gasteiger partial charge on any atom is -0.322 e. The summed E-state index contributed by atoms with van der Waals surface area (Å²) in [4.78, 5) is 16.4. The van der Waals surface area contributed by atoms with Gasteiger partial charge in [0.05, 0.1) is 11.9 Å². The highest BCUT2D eigenvalue weighted by atomic mass is 32.2. The number of halogens is 3. The Hall–Kier alpha value is -3.40. The Morgan fingerprint density at radius 1 is 0.966 bits per heavy atom. The topological polar surface area (TPSA) is 79.4 Å². The van der Waals surface area contributed by atoms with Crippen LogP contribution in [-0.4, -0.2) is 25.6 Å². The zero-order valence-corrected chi connectivity index (χ0v) is 15.8. The molecule has 0 atom stereocenters. The van der Waals surface area contributed by atoms with Crippen molar-refractivity contribution in [3.8, 4) is 0 Å². The molecule has 0 fully saturated rings. The Bertz CT molecular complexity index is 1170. The molecule has 0 spiro atoms. The molecule has 1 amide bonds. The standard InChI is InChI=1S/C19H14F3N3O3S/c1-29(27,28)25(15-5-2-13(20)3-6-15)18-10-12(8-9-23-18)19(26)24-14-4-7-16(21)17(22)11-14/h2-11H,1H3,(H,24,26). The Morgan fingerprint density at radius 3 is 2.28 bits per heavy atom. The summed E-state index contributed by atoms with van der Waals surface area (Å²) >= 11 is 0. The molecule has 0 aliphatic heterocycles. The van der Waals surface area contributed by atoms with Gasteiger partial charge in [0.2, 0.25) is 10.0 Å². The second-order valence-corrected chi connectivity index (χ2v) is 7.82. The van der Waals surface area contributed by atoms with Crippen molar-refractivity contribution in [2.24, 2.45) is 0 Å². The summed E-state index contributed by atoms with van der Waals surface area (Å²) in [5.74, 6) is -3.52. The molecule has 1 aromatic heterocycles. The van der Waals surface area contributed by atoms with Crippen LogP contribution in [0.15, 0.2) is 60.8 Å². The quantitative estimate of drug-likeness (QED) is 0.679. The predicted octanol–water partition coefficient (Wildman–Crippen LogP) is 3.85. The van der Waals surface area contributed by atoms with Crippen LogP contribution in [0, 0.1) is 17.5 Å². The van der Waals surface area contributed by atoms with Crippen LogP contribution in [0.1, 0.15) is 10.4 Å². The summed E-state index contributed by atoms with van der Waals surface area (Å²) in [6.45, 7) is 0. The third kappa shape index (κ3) is 4.72. The molecular formula is C19H14F3N3O3S. The molecular weight excluding hydrogens is 407 g/mol. The van der Waals surface area contributed by atoms with E-state index in [0.29, 0.717) is 0 Å². The molecule has 3 aromatic rings. The molecule has 0 aliphatic carbocycles. The predicted molar refractivity (Wildman–Crippen MR) is 102 cm³/mol. The normalized spacial score (nSPS) is 11.2. The molecule has 2 aromatic carbocycles. The van der Waals surface area contributed by atoms with E-state index in [1.807, 2.05) is 0 Å². The van der Waals surface area contributed by atoms with Gasteiger partial charge in [-0.05, 0) is 48.5 Å². The van der Waals surface area contributed by atoms with Crippen molar-refractivity contribution in [2.45, 2.75) is 0 Å². The van der Waals surface area contributed by atoms with E-state index in [1.54, 1.807) is 0 Å². The van der Waals surface area contributed by atoms with Gasteiger partial charge < -0.3 is 5.32 Å². The fourth-order valence-electron chi connectivity index (χ4n) is 2.52. The highest BCUT2D eigenvalue weighted by molar-refractivity contribution is 7.92. The van der Waals surface area contributed by atoms with Crippen molar-refractivity contribution in [3.63, 3.8) is 0 Å². The third-order valence-corrected chi connectivity index (χ3v) is 4.85. The van der Waals surface area contributed by atoms with Crippen LogP contribution in [0.5, 0.6) is 0 Å². The summed E-state index contributed by atoms with van der Waals surface area (Å²) in [7, 11) is -3.87. The Labute approximate surface area is 164 Å². The van der Waals surface area contributed by atoms with Crippen LogP contribution < -0.4 is 9.62 Å². The largest absolute Gasteiger partial charge is 0.322 e. The number of aromatic nitrogens is 1. The van der Waals surface area contributed by atoms with Gasteiger partial charge in [-0.1, -0.05) is 0 Å². The zero-order chi connectivity index (χ0) is 21.2. The van der Waals surface area contributed by atoms with Gasteiger partial charge in [0.1, 0.15) is 11.6 Å². The van der Waals surface area contributed by atoms with E-state index < -0.39 is 33.4 Å². The second kappa shape index (κ2) is 7.92. The molecule has 0 aliphatic rings. The van der Waals surface area contributed by atoms with Crippen LogP contribution in [0.2, 0.25) is 0 Å². The molecule has 0 bridgehead atoms. The van der Waals surface area contributed by atoms with Gasteiger partial charge >= 0.3 is 0 Å². The number of nitrogens with zero attached hydrogens (tertiary/aromatic N) is 2. The van der Waals surface area contributed by atoms with E-state index >= 15 is 0 Å². The van der Waals surface area contributed by atoms with Crippen molar-refractivity contribution >= 4 is 33.1 Å². The minimum atomic E-state index is -3.87. The molecule has 0 saturated heterocycles. The molecule has 6 nitrogen and oxygen atoms in total. The van der Waals surface area contributed by atoms with E-state index in [4.69, 9.17) is 0 Å². The first-order chi connectivity index (χ1) is 13.6. The number of sulfonamides is 1. The van der Waals surface area contributed by atoms with Crippen LogP contribution in [0.25, 0.3) is 0 Å². The Kier molecular flexibility index (Phi) is 5.55. The molecule has 150 valence electrons. The van der Waals surface area contributed by atoms with Crippen molar-refractivity contribution in [2.75, 3.05) is 15.9 Å². The number of pyridine rings is 1. The molecule has 0 unspecified atom stereocenters. The fourth-order valence-corrected chi connectivity index (χ4v) is 3.46. The molecule has 0 saturated carbocycles. The van der Waals surface area contributed by atoms with Crippen molar-refractivity contribution in [1.82, 2.24) is 4.98 Å². The summed E-state index contributed by atoms with van der Waals surface area (Å²) < 4.78 is 64.9. The van der Waals surface area contributed by atoms with Gasteiger partial charge in [0.25, 0.3) is 5.91 Å². The first kappa shape index (κ1) is 20.3. The third-order valence-electron chi connectivity index (χ3n) is 3.79. The SMILES string of the molecule is CS(=O)(=O)N(c1ccc(F)cc1)c1cc(C(=O)Nc2ccc(F)c(F)c2)ccn1. The van der Waals surface area contributed by atoms with Gasteiger partial charge in [-0.25, -0.2) is 30.9 Å². The Balaban J connectivity index is 1.94. The second-order valence-electron chi connectivity index (χ2n) is 5.99. The number of hydrogen-bond donors (Lipinski definition) is 1. The summed E-state index contributed by atoms with van der Waals surface area (Å²) in [6.07, 6.45) is 2.16. The van der Waals surface area contributed by atoms with Gasteiger partial charge in [-0.3, -0.25) is 4.79 Å². The molecule has 1 heterocycles. The van der Waals surface area contributed by atoms with Gasteiger partial charge in [-0.15, -0.1) is 0 Å². The van der Waals surface area contributed by atoms with Crippen LogP contribution in [-0.2, 0) is 10.0 Å². The first-order valence-electron chi connectivity index (χ1n) is 8.13. The van der Waals surface area contributed by atoms with E-state index in [0.717, 1.165) is 34.8 Å². The zero-order valence-electron chi connectivity index (χ0n) is 14.9. The number of hydrogen-bond acceptors (Lipinski definition) is 4. The molecule has 29 heavy (non-hydrogen) atoms. The van der Waals surface area contributed by atoms with Gasteiger partial charge in [0, 0.05) is 23.5 Å². The number of carbonyl (C=O) groups excluding carboxylic acids is 1. The average Bonchev–Trinajstić information content (AvgIpc) is 2.66. The number of benzene rings is 2. The number of carbonyl (C=O) groups is 1. The van der Waals surface area contributed by atoms with E-state index in [1.165, 1.54) is 36.5 Å². The lowest BCUT2D eigenvalue weighted by Crippen LogP contribution is -2.26. The molecule has 10 heteroatoms. The monoisotopic (exact) mass is 421 g/mol. The van der Waals surface area contributed by atoms with Crippen molar-refractivity contribution in [3.05, 3.63) is 83.8 Å². The van der Waals surface area contributed by atoms with Crippen molar-refractivity contribution in [1.29, 1.82) is 0 Å². The number of anilines is 3. The average molecular weight is 421 g/mol. The highest BCUT2D eigenvalue weighted by Gasteiger charge is 2.22. The number of rotatable bonds is 5. The number of amides is 1. The molecule has 3 rings (SSSR count).